The maximum Gasteiger partial charge on any atom is 0.306 e. The van der Waals surface area contributed by atoms with Gasteiger partial charge in [-0.3, -0.25) is 14.2 Å². The molecule has 10 heteroatoms. The molecule has 9 nitrogen and oxygen atoms in total. The van der Waals surface area contributed by atoms with E-state index in [4.69, 9.17) is 13.8 Å². The van der Waals surface area contributed by atoms with Crippen molar-refractivity contribution in [1.82, 2.24) is 5.32 Å². The number of ether oxygens (including phenoxy) is 1. The first-order valence-corrected chi connectivity index (χ1v) is 28.6. The fourth-order valence-corrected chi connectivity index (χ4v) is 8.58. The SMILES string of the molecule is CCCC/C=C\CCCCCCCC(=O)OC(/C=C/CCCCCCCCCCCCC)C(COP(=O)([O-])OCC[N+](C)(C)C)NC(=O)CCCCCCCCCCCCCCCC. The largest absolute Gasteiger partial charge is 0.756 e. The molecule has 0 aromatic heterocycles. The van der Waals surface area contributed by atoms with E-state index in [1.165, 1.54) is 141 Å². The number of rotatable bonds is 49. The van der Waals surface area contributed by atoms with E-state index >= 15 is 0 Å². The van der Waals surface area contributed by atoms with Gasteiger partial charge in [-0.1, -0.05) is 219 Å². The summed E-state index contributed by atoms with van der Waals surface area (Å²) >= 11 is 0. The Morgan fingerprint density at radius 1 is 0.531 bits per heavy atom. The van der Waals surface area contributed by atoms with Crippen LogP contribution in [0.5, 0.6) is 0 Å². The quantitative estimate of drug-likeness (QED) is 0.0212. The summed E-state index contributed by atoms with van der Waals surface area (Å²) in [6.45, 7) is 6.81. The van der Waals surface area contributed by atoms with E-state index in [0.29, 0.717) is 17.4 Å². The molecule has 0 heterocycles. The van der Waals surface area contributed by atoms with Crippen LogP contribution < -0.4 is 10.2 Å². The molecule has 0 aliphatic heterocycles. The number of carbonyl (C=O) groups is 2. The molecule has 0 fully saturated rings. The van der Waals surface area contributed by atoms with E-state index in [2.05, 4.69) is 38.2 Å². The second kappa shape index (κ2) is 45.3. The number of phosphoric acid groups is 1. The van der Waals surface area contributed by atoms with Crippen LogP contribution in [-0.2, 0) is 27.9 Å². The van der Waals surface area contributed by atoms with Crippen molar-refractivity contribution in [1.29, 1.82) is 0 Å². The van der Waals surface area contributed by atoms with E-state index in [9.17, 15) is 19.0 Å². The lowest BCUT2D eigenvalue weighted by Gasteiger charge is -2.30. The normalized spacial score (nSPS) is 14.0. The summed E-state index contributed by atoms with van der Waals surface area (Å²) in [5, 5.41) is 3.01. The Balaban J connectivity index is 5.40. The van der Waals surface area contributed by atoms with Crippen LogP contribution >= 0.6 is 7.82 Å². The molecular weight excluding hydrogens is 820 g/mol. The molecule has 0 aromatic rings. The Bertz CT molecular complexity index is 1160. The molecule has 0 rings (SSSR count). The Morgan fingerprint density at radius 2 is 0.922 bits per heavy atom. The smallest absolute Gasteiger partial charge is 0.306 e. The lowest BCUT2D eigenvalue weighted by molar-refractivity contribution is -0.870. The molecule has 0 aliphatic rings. The number of amides is 1. The Hall–Kier alpha value is -1.51. The van der Waals surface area contributed by atoms with Gasteiger partial charge in [0.2, 0.25) is 5.91 Å². The average molecular weight is 925 g/mol. The van der Waals surface area contributed by atoms with Gasteiger partial charge in [0.15, 0.2) is 0 Å². The summed E-state index contributed by atoms with van der Waals surface area (Å²) in [5.41, 5.74) is 0. The van der Waals surface area contributed by atoms with Crippen molar-refractivity contribution in [3.63, 3.8) is 0 Å². The molecule has 0 spiro atoms. The maximum atomic E-state index is 13.4. The van der Waals surface area contributed by atoms with Crippen molar-refractivity contribution in [2.75, 3.05) is 40.9 Å². The molecule has 3 atom stereocenters. The summed E-state index contributed by atoms with van der Waals surface area (Å²) in [6, 6.07) is -0.883. The summed E-state index contributed by atoms with van der Waals surface area (Å²) in [5.74, 6) is -0.543. The van der Waals surface area contributed by atoms with Gasteiger partial charge in [0, 0.05) is 12.8 Å². The van der Waals surface area contributed by atoms with E-state index in [1.54, 1.807) is 0 Å². The van der Waals surface area contributed by atoms with Crippen molar-refractivity contribution in [3.8, 4) is 0 Å². The van der Waals surface area contributed by atoms with Crippen molar-refractivity contribution in [2.45, 2.75) is 270 Å². The zero-order valence-electron chi connectivity index (χ0n) is 43.0. The van der Waals surface area contributed by atoms with Crippen LogP contribution in [0.2, 0.25) is 0 Å². The van der Waals surface area contributed by atoms with Crippen molar-refractivity contribution in [2.24, 2.45) is 0 Å². The van der Waals surface area contributed by atoms with Crippen molar-refractivity contribution in [3.05, 3.63) is 24.3 Å². The van der Waals surface area contributed by atoms with Crippen LogP contribution in [-0.4, -0.2) is 69.4 Å². The Morgan fingerprint density at radius 3 is 1.38 bits per heavy atom. The summed E-state index contributed by atoms with van der Waals surface area (Å²) in [4.78, 5) is 39.7. The second-order valence-electron chi connectivity index (χ2n) is 19.7. The first-order valence-electron chi connectivity index (χ1n) is 27.1. The number of unbranched alkanes of at least 4 members (excludes halogenated alkanes) is 31. The first-order chi connectivity index (χ1) is 30.9. The van der Waals surface area contributed by atoms with Crippen LogP contribution in [0.1, 0.15) is 258 Å². The number of hydrogen-bond acceptors (Lipinski definition) is 7. The number of nitrogens with zero attached hydrogens (tertiary/aromatic N) is 1. The minimum Gasteiger partial charge on any atom is -0.756 e. The molecular formula is C54H105N2O7P. The van der Waals surface area contributed by atoms with Crippen LogP contribution in [0.25, 0.3) is 0 Å². The standard InChI is InChI=1S/C54H105N2O7P/c1-7-10-13-16-19-22-25-27-29-32-34-37-40-43-46-53(57)55-51(50-62-64(59,60)61-49-48-56(4,5)6)52(45-42-39-36-33-31-28-26-23-20-17-14-11-8-2)63-54(58)47-44-41-38-35-30-24-21-18-15-12-9-3/h18,21,42,45,51-52H,7-17,19-20,22-41,43-44,46-50H2,1-6H3,(H-,55,57,59,60)/b21-18-,45-42+. The third kappa shape index (κ3) is 45.6. The summed E-state index contributed by atoms with van der Waals surface area (Å²) < 4.78 is 30.1. The topological polar surface area (TPSA) is 114 Å². The number of esters is 1. The van der Waals surface area contributed by atoms with Crippen LogP contribution in [0.15, 0.2) is 24.3 Å². The third-order valence-corrected chi connectivity index (χ3v) is 13.1. The molecule has 64 heavy (non-hydrogen) atoms. The zero-order chi connectivity index (χ0) is 47.3. The minimum absolute atomic E-state index is 0.0205. The molecule has 1 amide bonds. The monoisotopic (exact) mass is 925 g/mol. The molecule has 0 saturated heterocycles. The van der Waals surface area contributed by atoms with Gasteiger partial charge in [0.05, 0.1) is 33.8 Å². The summed E-state index contributed by atoms with van der Waals surface area (Å²) in [6.07, 6.45) is 49.9. The number of nitrogens with one attached hydrogen (secondary N) is 1. The predicted molar refractivity (Wildman–Crippen MR) is 270 cm³/mol. The highest BCUT2D eigenvalue weighted by Crippen LogP contribution is 2.38. The lowest BCUT2D eigenvalue weighted by Crippen LogP contribution is -2.47. The molecule has 0 radical (unpaired) electrons. The van der Waals surface area contributed by atoms with Gasteiger partial charge >= 0.3 is 5.97 Å². The number of quaternary nitrogens is 1. The molecule has 0 aromatic carbocycles. The molecule has 0 saturated carbocycles. The second-order valence-corrected chi connectivity index (χ2v) is 21.1. The zero-order valence-corrected chi connectivity index (χ0v) is 43.9. The number of carbonyl (C=O) groups excluding carboxylic acids is 2. The van der Waals surface area contributed by atoms with E-state index in [0.717, 1.165) is 83.5 Å². The fraction of sp³-hybridized carbons (Fsp3) is 0.889. The van der Waals surface area contributed by atoms with E-state index < -0.39 is 20.0 Å². The highest BCUT2D eigenvalue weighted by molar-refractivity contribution is 7.45. The molecule has 0 aliphatic carbocycles. The van der Waals surface area contributed by atoms with Gasteiger partial charge < -0.3 is 28.5 Å². The van der Waals surface area contributed by atoms with Crippen LogP contribution in [0.3, 0.4) is 0 Å². The summed E-state index contributed by atoms with van der Waals surface area (Å²) in [7, 11) is 1.19. The average Bonchev–Trinajstić information content (AvgIpc) is 3.25. The molecule has 3 unspecified atom stereocenters. The minimum atomic E-state index is -4.68. The number of phosphoric ester groups is 1. The molecule has 1 N–H and O–H groups in total. The third-order valence-electron chi connectivity index (χ3n) is 12.1. The number of likely N-dealkylation sites (N-methyl/N-ethyl adjacent to an activating group) is 1. The van der Waals surface area contributed by atoms with E-state index in [1.807, 2.05) is 33.3 Å². The predicted octanol–water partition coefficient (Wildman–Crippen LogP) is 15.2. The van der Waals surface area contributed by atoms with Gasteiger partial charge in [-0.05, 0) is 51.0 Å². The molecule has 378 valence electrons. The first kappa shape index (κ1) is 62.5. The number of allylic oxidation sites excluding steroid dienone is 3. The Kier molecular flexibility index (Phi) is 44.2. The van der Waals surface area contributed by atoms with E-state index in [-0.39, 0.29) is 31.5 Å². The maximum absolute atomic E-state index is 13.4. The van der Waals surface area contributed by atoms with Gasteiger partial charge in [0.1, 0.15) is 19.3 Å². The molecule has 0 bridgehead atoms. The van der Waals surface area contributed by atoms with Crippen molar-refractivity contribution < 1.29 is 37.3 Å². The highest BCUT2D eigenvalue weighted by Gasteiger charge is 2.27. The van der Waals surface area contributed by atoms with Crippen LogP contribution in [0, 0.1) is 0 Å². The van der Waals surface area contributed by atoms with Crippen molar-refractivity contribution >= 4 is 19.7 Å². The highest BCUT2D eigenvalue weighted by atomic mass is 31.2. The van der Waals surface area contributed by atoms with Gasteiger partial charge in [-0.2, -0.15) is 0 Å². The lowest BCUT2D eigenvalue weighted by atomic mass is 10.0. The van der Waals surface area contributed by atoms with Crippen LogP contribution in [0.4, 0.5) is 0 Å². The van der Waals surface area contributed by atoms with Gasteiger partial charge in [-0.15, -0.1) is 0 Å². The van der Waals surface area contributed by atoms with Gasteiger partial charge in [0.25, 0.3) is 7.82 Å². The number of hydrogen-bond donors (Lipinski definition) is 1. The van der Waals surface area contributed by atoms with Gasteiger partial charge in [-0.25, -0.2) is 0 Å². The fourth-order valence-electron chi connectivity index (χ4n) is 7.86. The Labute approximate surface area is 396 Å².